The van der Waals surface area contributed by atoms with E-state index in [-0.39, 0.29) is 22.2 Å². The first-order chi connectivity index (χ1) is 15.4. The summed E-state index contributed by atoms with van der Waals surface area (Å²) in [6, 6.07) is 4.58. The first-order valence-electron chi connectivity index (χ1n) is 9.36. The zero-order valence-corrected chi connectivity index (χ0v) is 18.4. The molecule has 1 fully saturated rings. The van der Waals surface area contributed by atoms with E-state index in [4.69, 9.17) is 10.6 Å². The van der Waals surface area contributed by atoms with Crippen molar-refractivity contribution in [3.8, 4) is 0 Å². The number of amides is 2. The Labute approximate surface area is 190 Å². The topological polar surface area (TPSA) is 154 Å². The van der Waals surface area contributed by atoms with Gasteiger partial charge in [-0.05, 0) is 0 Å². The summed E-state index contributed by atoms with van der Waals surface area (Å²) in [6.45, 7) is 0.306. The number of nitrogens with one attached hydrogen (secondary N) is 1. The van der Waals surface area contributed by atoms with Crippen LogP contribution in [-0.2, 0) is 25.8 Å². The number of aliphatic carboxylic acids is 1. The molecule has 2 aliphatic rings. The van der Waals surface area contributed by atoms with Gasteiger partial charge in [-0.2, -0.15) is 0 Å². The normalized spacial score (nSPS) is 20.5. The number of carboxylic acids is 1. The van der Waals surface area contributed by atoms with E-state index < -0.39 is 29.2 Å². The van der Waals surface area contributed by atoms with E-state index in [0.717, 1.165) is 11.3 Å². The number of carbonyl (C=O) groups excluding carboxylic acids is 3. The van der Waals surface area contributed by atoms with Crippen molar-refractivity contribution in [1.29, 1.82) is 0 Å². The molecule has 2 aromatic rings. The van der Waals surface area contributed by atoms with Crippen LogP contribution in [0.4, 0.5) is 5.13 Å². The lowest BCUT2D eigenvalue weighted by Crippen LogP contribution is -2.71. The van der Waals surface area contributed by atoms with Gasteiger partial charge in [-0.15, -0.1) is 23.1 Å². The molecule has 2 atom stereocenters. The maximum Gasteiger partial charge on any atom is 0.276 e. The van der Waals surface area contributed by atoms with Gasteiger partial charge in [0.1, 0.15) is 24.2 Å². The number of nitrogens with two attached hydrogens (primary N) is 1. The molecule has 4 rings (SSSR count). The summed E-state index contributed by atoms with van der Waals surface area (Å²) in [6.07, 6.45) is 3.61. The Hall–Kier alpha value is -3.45. The third kappa shape index (κ3) is 4.03. The van der Waals surface area contributed by atoms with Gasteiger partial charge < -0.3 is 25.8 Å². The number of carbonyl (C=O) groups is 3. The molecule has 32 heavy (non-hydrogen) atoms. The van der Waals surface area contributed by atoms with Gasteiger partial charge in [-0.1, -0.05) is 11.2 Å². The number of aromatic nitrogens is 2. The average molecular weight is 475 g/mol. The standard InChI is InChI=1S/C19H18N6O5S2/c1-30-23-12(11-9-32-19(20)21-11)15(26)22-13-16(27)25-14(18(28)29)10(8-31-17(13)25)7-24-5-3-2-4-6-24/h2-6,9,13,17H,7-8H2,1H3,(H3-,20,21,22,26,28,29)/b23-12-/t13?,17-/m1/s1. The Morgan fingerprint density at radius 1 is 1.41 bits per heavy atom. The summed E-state index contributed by atoms with van der Waals surface area (Å²) < 4.78 is 1.82. The second-order valence-electron chi connectivity index (χ2n) is 6.84. The van der Waals surface area contributed by atoms with Gasteiger partial charge in [-0.3, -0.25) is 14.5 Å². The van der Waals surface area contributed by atoms with Gasteiger partial charge in [0, 0.05) is 28.8 Å². The number of hydrogen-bond donors (Lipinski definition) is 2. The minimum absolute atomic E-state index is 0.135. The molecule has 0 aliphatic carbocycles. The molecule has 11 nitrogen and oxygen atoms in total. The molecule has 13 heteroatoms. The predicted octanol–water partition coefficient (Wildman–Crippen LogP) is -1.53. The Morgan fingerprint density at radius 2 is 2.16 bits per heavy atom. The predicted molar refractivity (Wildman–Crippen MR) is 114 cm³/mol. The third-order valence-electron chi connectivity index (χ3n) is 4.84. The molecular formula is C19H18N6O5S2. The molecule has 0 radical (unpaired) electrons. The van der Waals surface area contributed by atoms with Crippen LogP contribution in [0.3, 0.4) is 0 Å². The minimum Gasteiger partial charge on any atom is -0.543 e. The highest BCUT2D eigenvalue weighted by atomic mass is 32.2. The van der Waals surface area contributed by atoms with Gasteiger partial charge in [0.05, 0.1) is 11.7 Å². The molecule has 0 saturated carbocycles. The maximum atomic E-state index is 12.8. The number of oxime groups is 1. The number of pyridine rings is 1. The van der Waals surface area contributed by atoms with Crippen LogP contribution in [0.25, 0.3) is 0 Å². The van der Waals surface area contributed by atoms with Crippen LogP contribution < -0.4 is 20.7 Å². The molecule has 166 valence electrons. The fourth-order valence-electron chi connectivity index (χ4n) is 3.46. The van der Waals surface area contributed by atoms with E-state index >= 15 is 0 Å². The van der Waals surface area contributed by atoms with Crippen LogP contribution in [-0.4, -0.2) is 57.7 Å². The highest BCUT2D eigenvalue weighted by molar-refractivity contribution is 8.00. The van der Waals surface area contributed by atoms with E-state index in [1.54, 1.807) is 17.8 Å². The summed E-state index contributed by atoms with van der Waals surface area (Å²) in [5, 5.41) is 19.4. The van der Waals surface area contributed by atoms with Gasteiger partial charge >= 0.3 is 0 Å². The molecule has 1 saturated heterocycles. The summed E-state index contributed by atoms with van der Waals surface area (Å²) in [4.78, 5) is 47.4. The Bertz CT molecular complexity index is 1130. The number of anilines is 1. The van der Waals surface area contributed by atoms with Gasteiger partial charge in [0.25, 0.3) is 11.8 Å². The molecule has 2 amide bonds. The van der Waals surface area contributed by atoms with E-state index in [1.807, 2.05) is 22.8 Å². The summed E-state index contributed by atoms with van der Waals surface area (Å²) in [5.74, 6) is -2.28. The number of hydrogen-bond acceptors (Lipinski definition) is 10. The molecular weight excluding hydrogens is 456 g/mol. The van der Waals surface area contributed by atoms with Crippen molar-refractivity contribution in [2.75, 3.05) is 18.6 Å². The van der Waals surface area contributed by atoms with Crippen molar-refractivity contribution in [3.63, 3.8) is 0 Å². The SMILES string of the molecule is CO/N=C(\C(=O)NC1C(=O)N2C(C(=O)[O-])=C(C[n+]3ccccc3)CS[C@H]12)c1csc(N)n1. The van der Waals surface area contributed by atoms with E-state index in [2.05, 4.69) is 15.5 Å². The molecule has 2 aromatic heterocycles. The molecule has 3 N–H and O–H groups in total. The second-order valence-corrected chi connectivity index (χ2v) is 8.84. The second kappa shape index (κ2) is 8.96. The van der Waals surface area contributed by atoms with Crippen molar-refractivity contribution in [1.82, 2.24) is 15.2 Å². The third-order valence-corrected chi connectivity index (χ3v) is 6.85. The summed E-state index contributed by atoms with van der Waals surface area (Å²) in [5.41, 5.74) is 6.10. The number of nitrogens with zero attached hydrogens (tertiary/aromatic N) is 4. The zero-order valence-electron chi connectivity index (χ0n) is 16.8. The average Bonchev–Trinajstić information content (AvgIpc) is 3.21. The summed E-state index contributed by atoms with van der Waals surface area (Å²) >= 11 is 2.49. The zero-order chi connectivity index (χ0) is 22.8. The minimum atomic E-state index is -1.43. The van der Waals surface area contributed by atoms with E-state index in [1.165, 1.54) is 23.8 Å². The lowest BCUT2D eigenvalue weighted by Gasteiger charge is -2.50. The van der Waals surface area contributed by atoms with Crippen LogP contribution in [0.1, 0.15) is 5.69 Å². The molecule has 2 aliphatic heterocycles. The lowest BCUT2D eigenvalue weighted by atomic mass is 10.0. The number of carboxylic acid groups (broad SMARTS) is 1. The Morgan fingerprint density at radius 3 is 2.78 bits per heavy atom. The smallest absolute Gasteiger partial charge is 0.276 e. The summed E-state index contributed by atoms with van der Waals surface area (Å²) in [7, 11) is 1.28. The van der Waals surface area contributed by atoms with Crippen LogP contribution in [0, 0.1) is 0 Å². The molecule has 0 aromatic carbocycles. The first kappa shape index (κ1) is 21.8. The van der Waals surface area contributed by atoms with Crippen LogP contribution in [0.2, 0.25) is 0 Å². The number of β-lactam (4-membered cyclic amide) rings is 1. The fraction of sp³-hybridized carbons (Fsp3) is 0.263. The molecule has 1 unspecified atom stereocenters. The number of rotatable bonds is 7. The number of fused-ring (bicyclic) bond motifs is 1. The molecule has 0 spiro atoms. The quantitative estimate of drug-likeness (QED) is 0.212. The Kier molecular flexibility index (Phi) is 6.10. The van der Waals surface area contributed by atoms with Crippen LogP contribution in [0.5, 0.6) is 0 Å². The number of thiazole rings is 1. The van der Waals surface area contributed by atoms with Crippen LogP contribution >= 0.6 is 23.1 Å². The van der Waals surface area contributed by atoms with Gasteiger partial charge in [0.2, 0.25) is 0 Å². The number of thioether (sulfide) groups is 1. The lowest BCUT2D eigenvalue weighted by molar-refractivity contribution is -0.689. The molecule has 4 heterocycles. The van der Waals surface area contributed by atoms with Crippen molar-refractivity contribution in [2.45, 2.75) is 18.0 Å². The number of nitrogen functional groups attached to an aromatic ring is 1. The Balaban J connectivity index is 1.53. The monoisotopic (exact) mass is 474 g/mol. The highest BCUT2D eigenvalue weighted by Gasteiger charge is 2.53. The van der Waals surface area contributed by atoms with Crippen LogP contribution in [0.15, 0.2) is 52.4 Å². The maximum absolute atomic E-state index is 12.8. The van der Waals surface area contributed by atoms with Crippen molar-refractivity contribution >= 4 is 51.7 Å². The van der Waals surface area contributed by atoms with Gasteiger partial charge in [-0.25, -0.2) is 9.55 Å². The van der Waals surface area contributed by atoms with Crippen molar-refractivity contribution in [3.05, 3.63) is 52.9 Å². The fourth-order valence-corrected chi connectivity index (χ4v) is 5.34. The van der Waals surface area contributed by atoms with E-state index in [9.17, 15) is 19.5 Å². The molecule has 0 bridgehead atoms. The first-order valence-corrected chi connectivity index (χ1v) is 11.3. The van der Waals surface area contributed by atoms with Gasteiger partial charge in [0.15, 0.2) is 29.8 Å². The largest absolute Gasteiger partial charge is 0.543 e. The van der Waals surface area contributed by atoms with Crippen molar-refractivity contribution < 1.29 is 28.9 Å². The highest BCUT2D eigenvalue weighted by Crippen LogP contribution is 2.40. The van der Waals surface area contributed by atoms with E-state index in [0.29, 0.717) is 17.9 Å². The van der Waals surface area contributed by atoms with Crippen molar-refractivity contribution in [2.24, 2.45) is 5.16 Å².